The van der Waals surface area contributed by atoms with Gasteiger partial charge in [0, 0.05) is 22.7 Å². The molecule has 2 aromatic rings. The largest absolute Gasteiger partial charge is 0.294 e. The number of halogens is 2. The van der Waals surface area contributed by atoms with Crippen molar-refractivity contribution in [3.05, 3.63) is 63.9 Å². The summed E-state index contributed by atoms with van der Waals surface area (Å²) in [5, 5.41) is 0. The summed E-state index contributed by atoms with van der Waals surface area (Å²) in [5.41, 5.74) is 0.521. The van der Waals surface area contributed by atoms with E-state index in [2.05, 4.69) is 15.9 Å². The van der Waals surface area contributed by atoms with Crippen LogP contribution in [0.5, 0.6) is 0 Å². The smallest absolute Gasteiger partial charge is 0.175 e. The molecule has 3 nitrogen and oxygen atoms in total. The molecule has 0 unspecified atom stereocenters. The summed E-state index contributed by atoms with van der Waals surface area (Å²) in [6, 6.07) is 10.2. The second-order valence-corrected chi connectivity index (χ2v) is 7.57. The molecule has 0 heterocycles. The number of Topliss-reactive ketones (excluding diaryl/α,β-unsaturated/α-hetero) is 1. The lowest BCUT2D eigenvalue weighted by atomic mass is 10.0. The quantitative estimate of drug-likeness (QED) is 0.774. The van der Waals surface area contributed by atoms with Gasteiger partial charge < -0.3 is 0 Å². The van der Waals surface area contributed by atoms with E-state index in [1.807, 2.05) is 0 Å². The van der Waals surface area contributed by atoms with Crippen LogP contribution in [-0.2, 0) is 16.3 Å². The first-order valence-corrected chi connectivity index (χ1v) is 8.73. The lowest BCUT2D eigenvalue weighted by Gasteiger charge is -2.05. The fourth-order valence-electron chi connectivity index (χ4n) is 1.84. The highest BCUT2D eigenvalue weighted by Crippen LogP contribution is 2.18. The van der Waals surface area contributed by atoms with Gasteiger partial charge in [0.15, 0.2) is 15.6 Å². The van der Waals surface area contributed by atoms with Crippen LogP contribution in [0.2, 0.25) is 0 Å². The summed E-state index contributed by atoms with van der Waals surface area (Å²) in [7, 11) is -3.38. The predicted molar refractivity (Wildman–Crippen MR) is 81.7 cm³/mol. The highest BCUT2D eigenvalue weighted by atomic mass is 79.9. The van der Waals surface area contributed by atoms with Gasteiger partial charge in [0.25, 0.3) is 0 Å². The standard InChI is InChI=1S/C15H12BrFO3S/c1-21(19,20)13-4-2-3-11(7-13)15(18)8-10-5-6-12(16)9-14(10)17/h2-7,9H,8H2,1H3. The number of hydrogen-bond acceptors (Lipinski definition) is 3. The number of rotatable bonds is 4. The van der Waals surface area contributed by atoms with Crippen molar-refractivity contribution in [1.82, 2.24) is 0 Å². The molecule has 0 saturated carbocycles. The number of ketones is 1. The van der Waals surface area contributed by atoms with Gasteiger partial charge in [-0.05, 0) is 29.8 Å². The zero-order chi connectivity index (χ0) is 15.6. The van der Waals surface area contributed by atoms with Crippen LogP contribution in [0.3, 0.4) is 0 Å². The van der Waals surface area contributed by atoms with E-state index in [0.717, 1.165) is 6.26 Å². The van der Waals surface area contributed by atoms with Gasteiger partial charge in [-0.25, -0.2) is 12.8 Å². The molecule has 0 atom stereocenters. The molecule has 0 aliphatic rings. The first-order chi connectivity index (χ1) is 9.77. The lowest BCUT2D eigenvalue weighted by Crippen LogP contribution is -2.07. The van der Waals surface area contributed by atoms with Crippen molar-refractivity contribution in [3.8, 4) is 0 Å². The van der Waals surface area contributed by atoms with Gasteiger partial charge >= 0.3 is 0 Å². The Morgan fingerprint density at radius 2 is 1.90 bits per heavy atom. The fourth-order valence-corrected chi connectivity index (χ4v) is 2.84. The molecule has 110 valence electrons. The molecule has 2 aromatic carbocycles. The van der Waals surface area contributed by atoms with E-state index in [9.17, 15) is 17.6 Å². The highest BCUT2D eigenvalue weighted by Gasteiger charge is 2.14. The summed E-state index contributed by atoms with van der Waals surface area (Å²) >= 11 is 3.15. The Hall–Kier alpha value is -1.53. The molecule has 0 amide bonds. The van der Waals surface area contributed by atoms with E-state index >= 15 is 0 Å². The monoisotopic (exact) mass is 370 g/mol. The summed E-state index contributed by atoms with van der Waals surface area (Å²) < 4.78 is 37.3. The van der Waals surface area contributed by atoms with E-state index in [-0.39, 0.29) is 28.2 Å². The number of carbonyl (C=O) groups excluding carboxylic acids is 1. The zero-order valence-corrected chi connectivity index (χ0v) is 13.5. The zero-order valence-electron chi connectivity index (χ0n) is 11.1. The minimum Gasteiger partial charge on any atom is -0.294 e. The van der Waals surface area contributed by atoms with Crippen molar-refractivity contribution >= 4 is 31.6 Å². The van der Waals surface area contributed by atoms with E-state index in [1.165, 1.54) is 36.4 Å². The minimum atomic E-state index is -3.38. The molecular formula is C15H12BrFO3S. The third kappa shape index (κ3) is 3.98. The average molecular weight is 371 g/mol. The van der Waals surface area contributed by atoms with Crippen LogP contribution in [0.15, 0.2) is 51.8 Å². The minimum absolute atomic E-state index is 0.0737. The van der Waals surface area contributed by atoms with E-state index in [1.54, 1.807) is 6.07 Å². The molecule has 2 rings (SSSR count). The summed E-state index contributed by atoms with van der Waals surface area (Å²) in [4.78, 5) is 12.2. The van der Waals surface area contributed by atoms with Gasteiger partial charge in [-0.1, -0.05) is 34.1 Å². The van der Waals surface area contributed by atoms with E-state index < -0.39 is 15.7 Å². The molecule has 21 heavy (non-hydrogen) atoms. The van der Waals surface area contributed by atoms with Crippen LogP contribution in [0, 0.1) is 5.82 Å². The van der Waals surface area contributed by atoms with Crippen molar-refractivity contribution in [2.75, 3.05) is 6.26 Å². The van der Waals surface area contributed by atoms with Crippen molar-refractivity contribution < 1.29 is 17.6 Å². The second-order valence-electron chi connectivity index (χ2n) is 4.64. The molecule has 0 bridgehead atoms. The third-order valence-electron chi connectivity index (χ3n) is 2.95. The Kier molecular flexibility index (Phi) is 4.58. The molecule has 0 N–H and O–H groups in total. The normalized spacial score (nSPS) is 11.4. The summed E-state index contributed by atoms with van der Waals surface area (Å²) in [5.74, 6) is -0.807. The van der Waals surface area contributed by atoms with Crippen LogP contribution < -0.4 is 0 Å². The van der Waals surface area contributed by atoms with Crippen LogP contribution >= 0.6 is 15.9 Å². The molecule has 0 spiro atoms. The van der Waals surface area contributed by atoms with Crippen LogP contribution in [0.1, 0.15) is 15.9 Å². The van der Waals surface area contributed by atoms with Gasteiger partial charge in [0.05, 0.1) is 4.90 Å². The van der Waals surface area contributed by atoms with Crippen molar-refractivity contribution in [2.45, 2.75) is 11.3 Å². The first kappa shape index (κ1) is 15.9. The van der Waals surface area contributed by atoms with Crippen LogP contribution in [0.4, 0.5) is 4.39 Å². The molecule has 0 aromatic heterocycles. The maximum atomic E-state index is 13.7. The van der Waals surface area contributed by atoms with Crippen LogP contribution in [0.25, 0.3) is 0 Å². The molecule has 0 saturated heterocycles. The van der Waals surface area contributed by atoms with Gasteiger partial charge in [-0.3, -0.25) is 4.79 Å². The fraction of sp³-hybridized carbons (Fsp3) is 0.133. The Morgan fingerprint density at radius 1 is 1.19 bits per heavy atom. The maximum Gasteiger partial charge on any atom is 0.175 e. The second kappa shape index (κ2) is 6.07. The Balaban J connectivity index is 2.29. The number of carbonyl (C=O) groups is 1. The summed E-state index contributed by atoms with van der Waals surface area (Å²) in [6.07, 6.45) is 0.956. The van der Waals surface area contributed by atoms with Crippen molar-refractivity contribution in [1.29, 1.82) is 0 Å². The maximum absolute atomic E-state index is 13.7. The van der Waals surface area contributed by atoms with Gasteiger partial charge in [0.1, 0.15) is 5.82 Å². The van der Waals surface area contributed by atoms with Gasteiger partial charge in [-0.2, -0.15) is 0 Å². The molecule has 0 aliphatic heterocycles. The first-order valence-electron chi connectivity index (χ1n) is 6.04. The Bertz CT molecular complexity index is 800. The van der Waals surface area contributed by atoms with Gasteiger partial charge in [0.2, 0.25) is 0 Å². The Morgan fingerprint density at radius 3 is 2.52 bits per heavy atom. The SMILES string of the molecule is CS(=O)(=O)c1cccc(C(=O)Cc2ccc(Br)cc2F)c1. The molecule has 6 heteroatoms. The Labute approximate surface area is 130 Å². The molecule has 0 fully saturated rings. The molecule has 0 aliphatic carbocycles. The van der Waals surface area contributed by atoms with Crippen molar-refractivity contribution in [3.63, 3.8) is 0 Å². The lowest BCUT2D eigenvalue weighted by molar-refractivity contribution is 0.0991. The average Bonchev–Trinajstić information content (AvgIpc) is 2.41. The predicted octanol–water partition coefficient (Wildman–Crippen LogP) is 3.42. The number of hydrogen-bond donors (Lipinski definition) is 0. The highest BCUT2D eigenvalue weighted by molar-refractivity contribution is 9.10. The molecular weight excluding hydrogens is 359 g/mol. The van der Waals surface area contributed by atoms with Crippen molar-refractivity contribution in [2.24, 2.45) is 0 Å². The topological polar surface area (TPSA) is 51.2 Å². The van der Waals surface area contributed by atoms with E-state index in [0.29, 0.717) is 4.47 Å². The van der Waals surface area contributed by atoms with Gasteiger partial charge in [-0.15, -0.1) is 0 Å². The number of benzene rings is 2. The van der Waals surface area contributed by atoms with Crippen LogP contribution in [-0.4, -0.2) is 20.5 Å². The van der Waals surface area contributed by atoms with E-state index in [4.69, 9.17) is 0 Å². The molecule has 0 radical (unpaired) electrons. The third-order valence-corrected chi connectivity index (χ3v) is 4.55. The summed E-state index contributed by atoms with van der Waals surface area (Å²) in [6.45, 7) is 0. The number of sulfone groups is 1.